The first-order chi connectivity index (χ1) is 15.4. The lowest BCUT2D eigenvalue weighted by atomic mass is 9.89. The van der Waals surface area contributed by atoms with Gasteiger partial charge in [0, 0.05) is 17.0 Å². The highest BCUT2D eigenvalue weighted by atomic mass is 16.5. The number of rotatable bonds is 5. The molecule has 1 atom stereocenters. The van der Waals surface area contributed by atoms with E-state index in [0.29, 0.717) is 16.7 Å². The third-order valence-electron chi connectivity index (χ3n) is 5.81. The average molecular weight is 431 g/mol. The van der Waals surface area contributed by atoms with Gasteiger partial charge in [-0.15, -0.1) is 0 Å². The molecule has 162 valence electrons. The number of fused-ring (bicyclic) bond motifs is 1. The number of ether oxygens (including phenoxy) is 1. The number of hydrogen-bond donors (Lipinski definition) is 4. The summed E-state index contributed by atoms with van der Waals surface area (Å²) in [6.45, 7) is 1.88. The topological polar surface area (TPSA) is 121 Å². The molecule has 0 saturated carbocycles. The van der Waals surface area contributed by atoms with Crippen LogP contribution in [0.4, 0.5) is 4.79 Å². The first-order valence-corrected chi connectivity index (χ1v) is 10.0. The monoisotopic (exact) mass is 431 g/mol. The number of aromatic amines is 1. The smallest absolute Gasteiger partial charge is 0.322 e. The van der Waals surface area contributed by atoms with Crippen LogP contribution in [0.25, 0.3) is 22.0 Å². The van der Waals surface area contributed by atoms with Crippen molar-refractivity contribution < 1.29 is 19.4 Å². The lowest BCUT2D eigenvalue weighted by Crippen LogP contribution is -2.47. The minimum atomic E-state index is -1.38. The molecule has 9 nitrogen and oxygen atoms in total. The van der Waals surface area contributed by atoms with Gasteiger partial charge in [0.1, 0.15) is 11.6 Å². The largest absolute Gasteiger partial charge is 0.497 e. The number of carbonyl (C=O) groups excluding carboxylic acids is 2. The average Bonchev–Trinajstić information content (AvgIpc) is 3.44. The van der Waals surface area contributed by atoms with E-state index in [1.807, 2.05) is 25.1 Å². The molecule has 4 N–H and O–H groups in total. The molecule has 3 amide bonds. The van der Waals surface area contributed by atoms with Crippen molar-refractivity contribution in [2.24, 2.45) is 0 Å². The van der Waals surface area contributed by atoms with Crippen LogP contribution in [0, 0.1) is 6.92 Å². The fourth-order valence-electron chi connectivity index (χ4n) is 4.13. The Hall–Kier alpha value is -4.27. The number of benzene rings is 2. The summed E-state index contributed by atoms with van der Waals surface area (Å²) in [5.74, 6) is 0.908. The van der Waals surface area contributed by atoms with E-state index in [1.54, 1.807) is 48.3 Å². The summed E-state index contributed by atoms with van der Waals surface area (Å²) in [6, 6.07) is 12.1. The molecular formula is C23H21N5O4. The summed E-state index contributed by atoms with van der Waals surface area (Å²) >= 11 is 0. The first kappa shape index (κ1) is 19.7. The van der Waals surface area contributed by atoms with Crippen LogP contribution in [-0.4, -0.2) is 38.7 Å². The van der Waals surface area contributed by atoms with Crippen molar-refractivity contribution in [3.8, 4) is 22.9 Å². The number of nitrogens with one attached hydrogen (secondary N) is 3. The molecule has 1 aliphatic rings. The van der Waals surface area contributed by atoms with Gasteiger partial charge in [-0.25, -0.2) is 9.78 Å². The predicted molar refractivity (Wildman–Crippen MR) is 117 cm³/mol. The maximum atomic E-state index is 13.0. The second-order valence-corrected chi connectivity index (χ2v) is 7.81. The molecule has 9 heteroatoms. The molecule has 32 heavy (non-hydrogen) atoms. The van der Waals surface area contributed by atoms with E-state index in [0.717, 1.165) is 22.5 Å². The van der Waals surface area contributed by atoms with E-state index >= 15 is 0 Å². The molecule has 4 aromatic rings. The van der Waals surface area contributed by atoms with Gasteiger partial charge >= 0.3 is 6.03 Å². The Morgan fingerprint density at radius 1 is 1.16 bits per heavy atom. The van der Waals surface area contributed by atoms with Crippen LogP contribution in [0.2, 0.25) is 0 Å². The molecule has 0 bridgehead atoms. The van der Waals surface area contributed by atoms with Gasteiger partial charge in [0.25, 0.3) is 5.91 Å². The summed E-state index contributed by atoms with van der Waals surface area (Å²) in [5, 5.41) is 17.3. The third-order valence-corrected chi connectivity index (χ3v) is 5.81. The number of methoxy groups -OCH3 is 1. The number of amides is 3. The fourth-order valence-corrected chi connectivity index (χ4v) is 4.13. The van der Waals surface area contributed by atoms with Crippen molar-refractivity contribution >= 4 is 22.7 Å². The van der Waals surface area contributed by atoms with Crippen LogP contribution in [0.15, 0.2) is 54.9 Å². The summed E-state index contributed by atoms with van der Waals surface area (Å²) in [4.78, 5) is 32.5. The molecule has 1 aliphatic heterocycles. The zero-order valence-corrected chi connectivity index (χ0v) is 17.5. The van der Waals surface area contributed by atoms with Crippen molar-refractivity contribution in [3.63, 3.8) is 0 Å². The van der Waals surface area contributed by atoms with Crippen LogP contribution in [-0.2, 0) is 16.9 Å². The Balaban J connectivity index is 1.56. The van der Waals surface area contributed by atoms with E-state index < -0.39 is 17.5 Å². The second kappa shape index (κ2) is 7.16. The zero-order valence-electron chi connectivity index (χ0n) is 17.5. The quantitative estimate of drug-likeness (QED) is 0.362. The molecule has 0 radical (unpaired) electrons. The number of urea groups is 1. The standard InChI is InChI=1S/C23H21N5O4/c1-13-24-10-19(25-13)14-3-6-16(7-4-14)23(21(30)26-22(31)27-23)12-28-11-15-5-8-17(32-2)9-18(15)20(28)29/h3-11,29H,12H2,1-2H3,(H,24,25)(H2,26,27,30,31)/t23-/m0/s1. The number of hydrogen-bond acceptors (Lipinski definition) is 5. The SMILES string of the molecule is COc1ccc2cn(C[C@@]3(c4ccc(-c5cnc(C)[nH]5)cc4)NC(=O)NC3=O)c(O)c2c1. The fraction of sp³-hybridized carbons (Fsp3) is 0.174. The van der Waals surface area contributed by atoms with Crippen molar-refractivity contribution in [1.29, 1.82) is 0 Å². The van der Waals surface area contributed by atoms with Gasteiger partial charge in [0.2, 0.25) is 0 Å². The highest BCUT2D eigenvalue weighted by Gasteiger charge is 2.48. The van der Waals surface area contributed by atoms with Crippen LogP contribution < -0.4 is 15.4 Å². The molecule has 0 aliphatic carbocycles. The van der Waals surface area contributed by atoms with E-state index in [1.165, 1.54) is 0 Å². The summed E-state index contributed by atoms with van der Waals surface area (Å²) in [6.07, 6.45) is 3.48. The highest BCUT2D eigenvalue weighted by Crippen LogP contribution is 2.35. The molecule has 2 aromatic heterocycles. The number of aromatic hydroxyl groups is 1. The second-order valence-electron chi connectivity index (χ2n) is 7.81. The minimum Gasteiger partial charge on any atom is -0.497 e. The summed E-state index contributed by atoms with van der Waals surface area (Å²) in [5.41, 5.74) is 0.966. The maximum Gasteiger partial charge on any atom is 0.322 e. The Morgan fingerprint density at radius 2 is 1.94 bits per heavy atom. The Bertz CT molecular complexity index is 1350. The highest BCUT2D eigenvalue weighted by molar-refractivity contribution is 6.07. The Morgan fingerprint density at radius 3 is 2.56 bits per heavy atom. The Labute approximate surface area is 183 Å². The van der Waals surface area contributed by atoms with Gasteiger partial charge in [-0.2, -0.15) is 0 Å². The van der Waals surface area contributed by atoms with Gasteiger partial charge in [-0.05, 0) is 36.2 Å². The Kier molecular flexibility index (Phi) is 4.40. The van der Waals surface area contributed by atoms with E-state index in [-0.39, 0.29) is 12.4 Å². The number of aromatic nitrogens is 3. The van der Waals surface area contributed by atoms with E-state index in [9.17, 15) is 14.7 Å². The third kappa shape index (κ3) is 3.06. The molecule has 5 rings (SSSR count). The number of imidazole rings is 1. The van der Waals surface area contributed by atoms with E-state index in [4.69, 9.17) is 4.74 Å². The van der Waals surface area contributed by atoms with Crippen LogP contribution in [0.1, 0.15) is 11.4 Å². The maximum absolute atomic E-state index is 13.0. The summed E-state index contributed by atoms with van der Waals surface area (Å²) < 4.78 is 6.80. The van der Waals surface area contributed by atoms with Crippen LogP contribution in [0.3, 0.4) is 0 Å². The molecular weight excluding hydrogens is 410 g/mol. The normalized spacial score (nSPS) is 18.1. The van der Waals surface area contributed by atoms with Crippen molar-refractivity contribution in [2.75, 3.05) is 7.11 Å². The summed E-state index contributed by atoms with van der Waals surface area (Å²) in [7, 11) is 1.55. The zero-order chi connectivity index (χ0) is 22.5. The van der Waals surface area contributed by atoms with Gasteiger partial charge < -0.3 is 24.7 Å². The van der Waals surface area contributed by atoms with Gasteiger partial charge in [0.05, 0.1) is 25.5 Å². The molecule has 3 heterocycles. The first-order valence-electron chi connectivity index (χ1n) is 10.0. The number of imide groups is 1. The van der Waals surface area contributed by atoms with Gasteiger partial charge in [-0.3, -0.25) is 10.1 Å². The number of nitrogens with zero attached hydrogens (tertiary/aromatic N) is 2. The van der Waals surface area contributed by atoms with E-state index in [2.05, 4.69) is 20.6 Å². The van der Waals surface area contributed by atoms with Crippen LogP contribution >= 0.6 is 0 Å². The van der Waals surface area contributed by atoms with Crippen molar-refractivity contribution in [2.45, 2.75) is 19.0 Å². The molecule has 1 fully saturated rings. The molecule has 1 saturated heterocycles. The predicted octanol–water partition coefficient (Wildman–Crippen LogP) is 2.79. The van der Waals surface area contributed by atoms with Crippen LogP contribution in [0.5, 0.6) is 11.6 Å². The lowest BCUT2D eigenvalue weighted by Gasteiger charge is -2.27. The molecule has 0 spiro atoms. The lowest BCUT2D eigenvalue weighted by molar-refractivity contribution is -0.124. The van der Waals surface area contributed by atoms with Crippen molar-refractivity contribution in [3.05, 3.63) is 66.2 Å². The number of aryl methyl sites for hydroxylation is 1. The van der Waals surface area contributed by atoms with Gasteiger partial charge in [-0.1, -0.05) is 24.3 Å². The molecule has 2 aromatic carbocycles. The molecule has 0 unspecified atom stereocenters. The number of carbonyl (C=O) groups is 2. The van der Waals surface area contributed by atoms with Gasteiger partial charge in [0.15, 0.2) is 11.4 Å². The minimum absolute atomic E-state index is 0.00984. The number of H-pyrrole nitrogens is 1. The van der Waals surface area contributed by atoms with Crippen molar-refractivity contribution in [1.82, 2.24) is 25.2 Å².